The molecule has 0 bridgehead atoms. The zero-order valence-corrected chi connectivity index (χ0v) is 15.5. The minimum atomic E-state index is -0.772. The second-order valence-corrected chi connectivity index (χ2v) is 6.16. The summed E-state index contributed by atoms with van der Waals surface area (Å²) < 4.78 is 7.55. The van der Waals surface area contributed by atoms with Crippen molar-refractivity contribution in [1.29, 1.82) is 0 Å². The topological polar surface area (TPSA) is 82.3 Å². The molecule has 3 aromatic rings. The second-order valence-electron chi connectivity index (χ2n) is 6.16. The number of rotatable bonds is 7. The minimum Gasteiger partial charge on any atom is -0.495 e. The predicted octanol–water partition coefficient (Wildman–Crippen LogP) is 1.37. The lowest BCUT2D eigenvalue weighted by Crippen LogP contribution is -2.42. The summed E-state index contributed by atoms with van der Waals surface area (Å²) in [6.45, 7) is 0.242. The van der Waals surface area contributed by atoms with Gasteiger partial charge in [0.25, 0.3) is 0 Å². The van der Waals surface area contributed by atoms with E-state index in [0.29, 0.717) is 24.4 Å². The lowest BCUT2D eigenvalue weighted by atomic mass is 10.1. The van der Waals surface area contributed by atoms with E-state index in [4.69, 9.17) is 4.74 Å². The Bertz CT molecular complexity index is 1070. The van der Waals surface area contributed by atoms with Gasteiger partial charge in [0.1, 0.15) is 12.3 Å². The standard InChI is InChI=1S/C21H21N3O4/c1-28-18-10-6-5-9-17(18)24-14-13-23(20(26)21(24)27)15-19(25)22-12-11-16-7-3-2-4-8-16/h2-10,13-14H,11-12,15H2,1H3,(H,22,25). The Morgan fingerprint density at radius 3 is 2.43 bits per heavy atom. The Kier molecular flexibility index (Phi) is 6.06. The van der Waals surface area contributed by atoms with Crippen molar-refractivity contribution < 1.29 is 9.53 Å². The van der Waals surface area contributed by atoms with E-state index in [0.717, 1.165) is 10.1 Å². The van der Waals surface area contributed by atoms with Crippen LogP contribution in [0.15, 0.2) is 76.6 Å². The quantitative estimate of drug-likeness (QED) is 0.629. The molecule has 0 saturated heterocycles. The fourth-order valence-corrected chi connectivity index (χ4v) is 2.85. The van der Waals surface area contributed by atoms with Crippen LogP contribution in [0.3, 0.4) is 0 Å². The number of hydrogen-bond acceptors (Lipinski definition) is 4. The van der Waals surface area contributed by atoms with Crippen LogP contribution in [-0.2, 0) is 17.8 Å². The Morgan fingerprint density at radius 2 is 1.68 bits per heavy atom. The first-order chi connectivity index (χ1) is 13.6. The number of ether oxygens (including phenoxy) is 1. The van der Waals surface area contributed by atoms with Crippen molar-refractivity contribution in [2.24, 2.45) is 0 Å². The van der Waals surface area contributed by atoms with E-state index in [1.165, 1.54) is 24.1 Å². The Balaban J connectivity index is 1.70. The summed E-state index contributed by atoms with van der Waals surface area (Å²) in [5.41, 5.74) is 0.0571. The van der Waals surface area contributed by atoms with Gasteiger partial charge < -0.3 is 10.1 Å². The van der Waals surface area contributed by atoms with Crippen LogP contribution >= 0.6 is 0 Å². The van der Waals surface area contributed by atoms with Gasteiger partial charge in [0.15, 0.2) is 0 Å². The van der Waals surface area contributed by atoms with E-state index in [1.807, 2.05) is 30.3 Å². The molecule has 0 radical (unpaired) electrons. The van der Waals surface area contributed by atoms with Gasteiger partial charge in [-0.3, -0.25) is 23.5 Å². The third-order valence-corrected chi connectivity index (χ3v) is 4.30. The first kappa shape index (κ1) is 19.2. The summed E-state index contributed by atoms with van der Waals surface area (Å²) in [6, 6.07) is 16.7. The first-order valence-electron chi connectivity index (χ1n) is 8.86. The van der Waals surface area contributed by atoms with Crippen LogP contribution in [0, 0.1) is 0 Å². The molecule has 28 heavy (non-hydrogen) atoms. The van der Waals surface area contributed by atoms with E-state index in [1.54, 1.807) is 24.3 Å². The zero-order chi connectivity index (χ0) is 19.9. The van der Waals surface area contributed by atoms with Gasteiger partial charge >= 0.3 is 11.1 Å². The minimum absolute atomic E-state index is 0.213. The number of carbonyl (C=O) groups is 1. The van der Waals surface area contributed by atoms with Crippen molar-refractivity contribution in [1.82, 2.24) is 14.5 Å². The van der Waals surface area contributed by atoms with Gasteiger partial charge in [0.2, 0.25) is 5.91 Å². The van der Waals surface area contributed by atoms with Crippen LogP contribution in [0.25, 0.3) is 5.69 Å². The van der Waals surface area contributed by atoms with Gasteiger partial charge in [0.05, 0.1) is 12.8 Å². The van der Waals surface area contributed by atoms with E-state index in [9.17, 15) is 14.4 Å². The number of hydrogen-bond donors (Lipinski definition) is 1. The Morgan fingerprint density at radius 1 is 0.964 bits per heavy atom. The summed E-state index contributed by atoms with van der Waals surface area (Å²) in [5.74, 6) is 0.146. The smallest absolute Gasteiger partial charge is 0.321 e. The number of nitrogens with one attached hydrogen (secondary N) is 1. The lowest BCUT2D eigenvalue weighted by Gasteiger charge is -2.12. The summed E-state index contributed by atoms with van der Waals surface area (Å²) in [5, 5.41) is 2.76. The number of benzene rings is 2. The lowest BCUT2D eigenvalue weighted by molar-refractivity contribution is -0.121. The number of carbonyl (C=O) groups excluding carboxylic acids is 1. The molecule has 1 N–H and O–H groups in total. The highest BCUT2D eigenvalue weighted by molar-refractivity contribution is 5.75. The molecule has 0 spiro atoms. The number of amides is 1. The fourth-order valence-electron chi connectivity index (χ4n) is 2.85. The van der Waals surface area contributed by atoms with Gasteiger partial charge in [-0.25, -0.2) is 0 Å². The monoisotopic (exact) mass is 379 g/mol. The molecule has 0 aliphatic carbocycles. The highest BCUT2D eigenvalue weighted by Crippen LogP contribution is 2.19. The molecule has 3 rings (SSSR count). The van der Waals surface area contributed by atoms with E-state index < -0.39 is 11.1 Å². The molecule has 0 unspecified atom stereocenters. The summed E-state index contributed by atoms with van der Waals surface area (Å²) >= 11 is 0. The molecule has 7 nitrogen and oxygen atoms in total. The Hall–Kier alpha value is -3.61. The molecule has 1 heterocycles. The van der Waals surface area contributed by atoms with Gasteiger partial charge in [-0.2, -0.15) is 0 Å². The van der Waals surface area contributed by atoms with Gasteiger partial charge in [0, 0.05) is 18.9 Å². The van der Waals surface area contributed by atoms with Gasteiger partial charge in [-0.1, -0.05) is 42.5 Å². The van der Waals surface area contributed by atoms with Crippen LogP contribution in [0.4, 0.5) is 0 Å². The van der Waals surface area contributed by atoms with Crippen LogP contribution in [0.2, 0.25) is 0 Å². The predicted molar refractivity (Wildman–Crippen MR) is 106 cm³/mol. The number of aromatic nitrogens is 2. The molecule has 1 amide bonds. The zero-order valence-electron chi connectivity index (χ0n) is 15.5. The van der Waals surface area contributed by atoms with E-state index in [-0.39, 0.29) is 12.5 Å². The molecule has 144 valence electrons. The number of methoxy groups -OCH3 is 1. The largest absolute Gasteiger partial charge is 0.495 e. The van der Waals surface area contributed by atoms with Crippen molar-refractivity contribution in [3.8, 4) is 11.4 Å². The molecular weight excluding hydrogens is 358 g/mol. The molecule has 7 heteroatoms. The highest BCUT2D eigenvalue weighted by atomic mass is 16.5. The highest BCUT2D eigenvalue weighted by Gasteiger charge is 2.12. The van der Waals surface area contributed by atoms with Crippen LogP contribution < -0.4 is 21.2 Å². The number of nitrogens with zero attached hydrogens (tertiary/aromatic N) is 2. The summed E-state index contributed by atoms with van der Waals surface area (Å²) in [7, 11) is 1.49. The second kappa shape index (κ2) is 8.85. The van der Waals surface area contributed by atoms with Gasteiger partial charge in [-0.15, -0.1) is 0 Å². The maximum Gasteiger partial charge on any atom is 0.321 e. The van der Waals surface area contributed by atoms with Crippen molar-refractivity contribution in [2.45, 2.75) is 13.0 Å². The van der Waals surface area contributed by atoms with Crippen molar-refractivity contribution >= 4 is 5.91 Å². The Labute approximate surface area is 161 Å². The molecular formula is C21H21N3O4. The van der Waals surface area contributed by atoms with Crippen LogP contribution in [0.1, 0.15) is 5.56 Å². The molecule has 0 atom stereocenters. The summed E-state index contributed by atoms with van der Waals surface area (Å²) in [6.07, 6.45) is 3.57. The van der Waals surface area contributed by atoms with Crippen LogP contribution in [-0.4, -0.2) is 28.7 Å². The maximum atomic E-state index is 12.5. The van der Waals surface area contributed by atoms with Crippen molar-refractivity contribution in [3.05, 3.63) is 93.3 Å². The van der Waals surface area contributed by atoms with Crippen molar-refractivity contribution in [2.75, 3.05) is 13.7 Å². The van der Waals surface area contributed by atoms with E-state index in [2.05, 4.69) is 5.32 Å². The van der Waals surface area contributed by atoms with E-state index >= 15 is 0 Å². The SMILES string of the molecule is COc1ccccc1-n1ccn(CC(=O)NCCc2ccccc2)c(=O)c1=O. The molecule has 0 aliphatic rings. The molecule has 2 aromatic carbocycles. The van der Waals surface area contributed by atoms with Crippen molar-refractivity contribution in [3.63, 3.8) is 0 Å². The fraction of sp³-hybridized carbons (Fsp3) is 0.190. The third-order valence-electron chi connectivity index (χ3n) is 4.30. The third kappa shape index (κ3) is 4.37. The number of para-hydroxylation sites is 2. The molecule has 0 saturated carbocycles. The maximum absolute atomic E-state index is 12.5. The molecule has 0 aliphatic heterocycles. The van der Waals surface area contributed by atoms with Crippen LogP contribution in [0.5, 0.6) is 5.75 Å². The molecule has 0 fully saturated rings. The normalized spacial score (nSPS) is 10.5. The average molecular weight is 379 g/mol. The molecule has 1 aromatic heterocycles. The average Bonchev–Trinajstić information content (AvgIpc) is 2.72. The summed E-state index contributed by atoms with van der Waals surface area (Å²) in [4.78, 5) is 37.0. The first-order valence-corrected chi connectivity index (χ1v) is 8.86. The van der Waals surface area contributed by atoms with Gasteiger partial charge in [-0.05, 0) is 24.1 Å².